The number of hydrogen-bond acceptors (Lipinski definition) is 3. The maximum atomic E-state index is 13.3. The number of halogens is 2. The van der Waals surface area contributed by atoms with Crippen LogP contribution in [0.1, 0.15) is 11.1 Å². The highest BCUT2D eigenvalue weighted by Gasteiger charge is 2.18. The van der Waals surface area contributed by atoms with E-state index >= 15 is 0 Å². The molecule has 0 bridgehead atoms. The lowest BCUT2D eigenvalue weighted by molar-refractivity contribution is -0.136. The van der Waals surface area contributed by atoms with Crippen molar-refractivity contribution in [1.82, 2.24) is 0 Å². The fourth-order valence-electron chi connectivity index (χ4n) is 3.70. The molecule has 0 aliphatic rings. The van der Waals surface area contributed by atoms with Gasteiger partial charge in [-0.25, -0.2) is 4.79 Å². The molecule has 2 N–H and O–H groups in total. The van der Waals surface area contributed by atoms with E-state index in [2.05, 4.69) is 5.32 Å². The van der Waals surface area contributed by atoms with Crippen LogP contribution in [-0.2, 0) is 17.6 Å². The van der Waals surface area contributed by atoms with Gasteiger partial charge in [-0.1, -0.05) is 83.5 Å². The Labute approximate surface area is 230 Å². The highest BCUT2D eigenvalue weighted by molar-refractivity contribution is 7.99. The van der Waals surface area contributed by atoms with Crippen molar-refractivity contribution in [2.75, 3.05) is 16.8 Å². The maximum Gasteiger partial charge on any atom is 0.326 e. The number of carboxylic acids is 1. The molecule has 0 aliphatic carbocycles. The first-order valence-electron chi connectivity index (χ1n) is 11.5. The maximum absolute atomic E-state index is 13.3. The molecule has 0 radical (unpaired) electrons. The van der Waals surface area contributed by atoms with Crippen LogP contribution in [-0.4, -0.2) is 23.7 Å². The van der Waals surface area contributed by atoms with E-state index in [0.717, 1.165) is 26.6 Å². The van der Waals surface area contributed by atoms with Crippen molar-refractivity contribution in [2.45, 2.75) is 22.6 Å². The zero-order valence-electron chi connectivity index (χ0n) is 19.7. The lowest BCUT2D eigenvalue weighted by Gasteiger charge is -2.24. The van der Waals surface area contributed by atoms with E-state index in [0.29, 0.717) is 28.7 Å². The molecule has 4 rings (SSSR count). The highest BCUT2D eigenvalue weighted by Crippen LogP contribution is 2.32. The molecule has 0 heterocycles. The van der Waals surface area contributed by atoms with E-state index in [1.807, 2.05) is 78.9 Å². The molecule has 5 nitrogen and oxygen atoms in total. The van der Waals surface area contributed by atoms with E-state index < -0.39 is 5.97 Å². The Bertz CT molecular complexity index is 1360. The van der Waals surface area contributed by atoms with Crippen LogP contribution in [0.2, 0.25) is 10.0 Å². The van der Waals surface area contributed by atoms with Crippen molar-refractivity contribution in [3.8, 4) is 0 Å². The number of carboxylic acid groups (broad SMARTS) is 1. The van der Waals surface area contributed by atoms with Crippen LogP contribution in [0.3, 0.4) is 0 Å². The summed E-state index contributed by atoms with van der Waals surface area (Å²) in [6.45, 7) is 0.464. The third-order valence-electron chi connectivity index (χ3n) is 5.57. The SMILES string of the molecule is O=C(O)Cc1ccc(Sc2ccc(N(CCc3ccccc3)C(=O)Nc3cccc(Cl)c3Cl)cc2)cc1. The van der Waals surface area contributed by atoms with Crippen LogP contribution in [0.5, 0.6) is 0 Å². The molecule has 4 aromatic carbocycles. The summed E-state index contributed by atoms with van der Waals surface area (Å²) in [5.74, 6) is -0.852. The van der Waals surface area contributed by atoms with Crippen LogP contribution in [0.15, 0.2) is 107 Å². The molecule has 188 valence electrons. The van der Waals surface area contributed by atoms with Gasteiger partial charge in [0, 0.05) is 22.0 Å². The van der Waals surface area contributed by atoms with Crippen LogP contribution in [0.25, 0.3) is 0 Å². The van der Waals surface area contributed by atoms with E-state index in [9.17, 15) is 9.59 Å². The number of hydrogen-bond donors (Lipinski definition) is 2. The molecule has 0 fully saturated rings. The van der Waals surface area contributed by atoms with Crippen LogP contribution in [0.4, 0.5) is 16.2 Å². The summed E-state index contributed by atoms with van der Waals surface area (Å²) in [6.07, 6.45) is 0.678. The average molecular weight is 551 g/mol. The summed E-state index contributed by atoms with van der Waals surface area (Å²) in [6, 6.07) is 30.0. The van der Waals surface area contributed by atoms with Gasteiger partial charge in [-0.15, -0.1) is 0 Å². The van der Waals surface area contributed by atoms with Crippen LogP contribution in [0, 0.1) is 0 Å². The smallest absolute Gasteiger partial charge is 0.326 e. The molecule has 0 unspecified atom stereocenters. The largest absolute Gasteiger partial charge is 0.481 e. The van der Waals surface area contributed by atoms with Gasteiger partial charge in [-0.05, 0) is 66.1 Å². The lowest BCUT2D eigenvalue weighted by Crippen LogP contribution is -2.36. The van der Waals surface area contributed by atoms with Crippen molar-refractivity contribution < 1.29 is 14.7 Å². The topological polar surface area (TPSA) is 69.6 Å². The zero-order chi connectivity index (χ0) is 26.2. The van der Waals surface area contributed by atoms with Gasteiger partial charge in [-0.3, -0.25) is 9.69 Å². The second-order valence-electron chi connectivity index (χ2n) is 8.23. The Morgan fingerprint density at radius 1 is 0.784 bits per heavy atom. The first kappa shape index (κ1) is 26.6. The van der Waals surface area contributed by atoms with E-state index in [1.54, 1.807) is 34.9 Å². The number of benzene rings is 4. The molecule has 0 aromatic heterocycles. The minimum absolute atomic E-state index is 0.000915. The average Bonchev–Trinajstić information content (AvgIpc) is 2.89. The zero-order valence-corrected chi connectivity index (χ0v) is 22.1. The molecule has 0 saturated carbocycles. The summed E-state index contributed by atoms with van der Waals surface area (Å²) in [4.78, 5) is 27.9. The number of rotatable bonds is 9. The van der Waals surface area contributed by atoms with Gasteiger partial charge in [-0.2, -0.15) is 0 Å². The summed E-state index contributed by atoms with van der Waals surface area (Å²) in [5.41, 5.74) is 3.07. The first-order valence-corrected chi connectivity index (χ1v) is 13.1. The minimum Gasteiger partial charge on any atom is -0.481 e. The lowest BCUT2D eigenvalue weighted by atomic mass is 10.1. The fraction of sp³-hybridized carbons (Fsp3) is 0.103. The fourth-order valence-corrected chi connectivity index (χ4v) is 4.86. The molecule has 8 heteroatoms. The molecular formula is C29H24Cl2N2O3S. The number of aliphatic carboxylic acids is 1. The monoisotopic (exact) mass is 550 g/mol. The number of nitrogens with one attached hydrogen (secondary N) is 1. The minimum atomic E-state index is -0.852. The second kappa shape index (κ2) is 12.7. The van der Waals surface area contributed by atoms with Crippen molar-refractivity contribution >= 4 is 58.3 Å². The Hall–Kier alpha value is -3.45. The predicted molar refractivity (Wildman–Crippen MR) is 151 cm³/mol. The van der Waals surface area contributed by atoms with E-state index in [4.69, 9.17) is 28.3 Å². The van der Waals surface area contributed by atoms with Gasteiger partial charge < -0.3 is 10.4 Å². The molecular weight excluding hydrogens is 527 g/mol. The third kappa shape index (κ3) is 7.52. The van der Waals surface area contributed by atoms with E-state index in [1.165, 1.54) is 0 Å². The number of urea groups is 1. The molecule has 37 heavy (non-hydrogen) atoms. The molecule has 0 atom stereocenters. The quantitative estimate of drug-likeness (QED) is 0.221. The summed E-state index contributed by atoms with van der Waals surface area (Å²) in [7, 11) is 0. The third-order valence-corrected chi connectivity index (χ3v) is 7.40. The Kier molecular flexibility index (Phi) is 9.12. The van der Waals surface area contributed by atoms with Crippen molar-refractivity contribution in [3.63, 3.8) is 0 Å². The highest BCUT2D eigenvalue weighted by atomic mass is 35.5. The van der Waals surface area contributed by atoms with Gasteiger partial charge in [0.05, 0.1) is 22.2 Å². The number of nitrogens with zero attached hydrogens (tertiary/aromatic N) is 1. The van der Waals surface area contributed by atoms with Gasteiger partial charge in [0.1, 0.15) is 0 Å². The normalized spacial score (nSPS) is 10.6. The predicted octanol–water partition coefficient (Wildman–Crippen LogP) is 8.05. The Morgan fingerprint density at radius 3 is 2.08 bits per heavy atom. The van der Waals surface area contributed by atoms with E-state index in [-0.39, 0.29) is 12.5 Å². The molecule has 0 saturated heterocycles. The molecule has 0 aliphatic heterocycles. The Morgan fingerprint density at radius 2 is 1.43 bits per heavy atom. The standard InChI is InChI=1S/C29H24Cl2N2O3S/c30-25-7-4-8-26(28(25)31)32-29(36)33(18-17-20-5-2-1-3-6-20)22-11-15-24(16-12-22)37-23-13-9-21(10-14-23)19-27(34)35/h1-16H,17-19H2,(H,32,36)(H,34,35). The number of anilines is 2. The first-order chi connectivity index (χ1) is 17.9. The van der Waals surface area contributed by atoms with Crippen molar-refractivity contribution in [3.05, 3.63) is 118 Å². The number of amides is 2. The Balaban J connectivity index is 1.51. The number of carbonyl (C=O) groups is 2. The number of carbonyl (C=O) groups excluding carboxylic acids is 1. The van der Waals surface area contributed by atoms with Crippen LogP contribution >= 0.6 is 35.0 Å². The second-order valence-corrected chi connectivity index (χ2v) is 10.2. The molecule has 2 amide bonds. The summed E-state index contributed by atoms with van der Waals surface area (Å²) in [5, 5.41) is 12.5. The van der Waals surface area contributed by atoms with Crippen molar-refractivity contribution in [2.24, 2.45) is 0 Å². The summed E-state index contributed by atoms with van der Waals surface area (Å²) < 4.78 is 0. The van der Waals surface area contributed by atoms with Gasteiger partial charge >= 0.3 is 12.0 Å². The van der Waals surface area contributed by atoms with Gasteiger partial charge in [0.2, 0.25) is 0 Å². The van der Waals surface area contributed by atoms with Gasteiger partial charge in [0.25, 0.3) is 0 Å². The molecule has 0 spiro atoms. The molecule has 4 aromatic rings. The van der Waals surface area contributed by atoms with Crippen molar-refractivity contribution in [1.29, 1.82) is 0 Å². The van der Waals surface area contributed by atoms with Crippen LogP contribution < -0.4 is 10.2 Å². The summed E-state index contributed by atoms with van der Waals surface area (Å²) >= 11 is 14.0. The van der Waals surface area contributed by atoms with Gasteiger partial charge in [0.15, 0.2) is 0 Å².